The van der Waals surface area contributed by atoms with Gasteiger partial charge in [-0.1, -0.05) is 40.6 Å². The lowest BCUT2D eigenvalue weighted by molar-refractivity contribution is -0.139. The third-order valence-electron chi connectivity index (χ3n) is 6.81. The number of hydrogen-bond acceptors (Lipinski definition) is 8. The fraction of sp³-hybridized carbons (Fsp3) is 0.367. The molecule has 0 fully saturated rings. The number of aromatic nitrogens is 1. The topological polar surface area (TPSA) is 93.4 Å². The van der Waals surface area contributed by atoms with E-state index in [0.29, 0.717) is 43.9 Å². The Labute approximate surface area is 246 Å². The largest absolute Gasteiger partial charge is 0.507 e. The standard InChI is InChI=1S/C30H34BrN3O5S/c1-6-10-22-26(29(37)39-9-4)27(21-16-19(31)12-14-24(21)38-5)34-28(36)25(40-30(34)32-22)15-18-11-13-20(17-23(18)35)33(7-2)8-3/h11-17,27,35H,6-10H2,1-5H3/b25-15+/t27-/m0/s1. The van der Waals surface area contributed by atoms with E-state index >= 15 is 0 Å². The van der Waals surface area contributed by atoms with E-state index in [9.17, 15) is 14.7 Å². The van der Waals surface area contributed by atoms with E-state index in [2.05, 4.69) is 34.7 Å². The van der Waals surface area contributed by atoms with Crippen LogP contribution in [0.25, 0.3) is 6.08 Å². The first-order valence-electron chi connectivity index (χ1n) is 13.4. The number of aromatic hydroxyl groups is 1. The monoisotopic (exact) mass is 627 g/mol. The molecule has 1 aromatic heterocycles. The van der Waals surface area contributed by atoms with Gasteiger partial charge in [-0.25, -0.2) is 9.79 Å². The number of rotatable bonds is 10. The summed E-state index contributed by atoms with van der Waals surface area (Å²) in [5.41, 5.74) is 2.67. The second-order valence-electron chi connectivity index (χ2n) is 9.22. The van der Waals surface area contributed by atoms with Gasteiger partial charge in [0.15, 0.2) is 4.80 Å². The molecule has 1 atom stereocenters. The summed E-state index contributed by atoms with van der Waals surface area (Å²) in [7, 11) is 1.56. The van der Waals surface area contributed by atoms with Crippen LogP contribution in [0.4, 0.5) is 5.69 Å². The minimum absolute atomic E-state index is 0.0827. The zero-order valence-electron chi connectivity index (χ0n) is 23.4. The van der Waals surface area contributed by atoms with E-state index in [4.69, 9.17) is 14.5 Å². The molecule has 1 N–H and O–H groups in total. The molecule has 0 spiro atoms. The summed E-state index contributed by atoms with van der Waals surface area (Å²) < 4.78 is 13.9. The van der Waals surface area contributed by atoms with Gasteiger partial charge in [0.25, 0.3) is 5.56 Å². The smallest absolute Gasteiger partial charge is 0.338 e. The molecular formula is C30H34BrN3O5S. The van der Waals surface area contributed by atoms with E-state index in [1.54, 1.807) is 32.2 Å². The molecule has 0 aliphatic carbocycles. The lowest BCUT2D eigenvalue weighted by Gasteiger charge is -2.27. The molecule has 1 aliphatic heterocycles. The maximum Gasteiger partial charge on any atom is 0.338 e. The van der Waals surface area contributed by atoms with Gasteiger partial charge in [0.2, 0.25) is 0 Å². The number of anilines is 1. The summed E-state index contributed by atoms with van der Waals surface area (Å²) in [6.07, 6.45) is 2.97. The summed E-state index contributed by atoms with van der Waals surface area (Å²) >= 11 is 4.76. The molecule has 40 heavy (non-hydrogen) atoms. The SMILES string of the molecule is CCCC1=C(C(=O)OCC)[C@H](c2cc(Br)ccc2OC)n2c(s/c(=C/c3ccc(N(CC)CC)cc3O)c2=O)=N1. The van der Waals surface area contributed by atoms with Crippen LogP contribution in [0.2, 0.25) is 0 Å². The third-order valence-corrected chi connectivity index (χ3v) is 8.28. The molecule has 0 unspecified atom stereocenters. The van der Waals surface area contributed by atoms with Gasteiger partial charge in [0.1, 0.15) is 17.5 Å². The normalized spacial score (nSPS) is 15.1. The predicted molar refractivity (Wildman–Crippen MR) is 162 cm³/mol. The Morgan fingerprint density at radius 2 is 1.93 bits per heavy atom. The van der Waals surface area contributed by atoms with Gasteiger partial charge >= 0.3 is 5.97 Å². The van der Waals surface area contributed by atoms with Crippen LogP contribution in [0.5, 0.6) is 11.5 Å². The van der Waals surface area contributed by atoms with Crippen molar-refractivity contribution in [3.05, 3.63) is 83.0 Å². The summed E-state index contributed by atoms with van der Waals surface area (Å²) in [5, 5.41) is 10.8. The third kappa shape index (κ3) is 5.74. The number of ether oxygens (including phenoxy) is 2. The maximum absolute atomic E-state index is 14.0. The number of allylic oxidation sites excluding steroid dienone is 1. The lowest BCUT2D eigenvalue weighted by atomic mass is 9.93. The number of phenols is 1. The summed E-state index contributed by atoms with van der Waals surface area (Å²) in [6.45, 7) is 9.70. The first-order valence-corrected chi connectivity index (χ1v) is 15.0. The predicted octanol–water partition coefficient (Wildman–Crippen LogP) is 4.90. The van der Waals surface area contributed by atoms with Crippen LogP contribution in [0.15, 0.2) is 61.9 Å². The minimum Gasteiger partial charge on any atom is -0.507 e. The first kappa shape index (κ1) is 29.6. The molecule has 8 nitrogen and oxygen atoms in total. The molecule has 0 bridgehead atoms. The zero-order chi connectivity index (χ0) is 29.0. The number of carbonyl (C=O) groups excluding carboxylic acids is 1. The molecule has 212 valence electrons. The molecule has 2 aromatic carbocycles. The number of thiazole rings is 1. The van der Waals surface area contributed by atoms with Gasteiger partial charge < -0.3 is 19.5 Å². The second kappa shape index (κ2) is 12.9. The number of halogens is 1. The van der Waals surface area contributed by atoms with Crippen molar-refractivity contribution in [1.82, 2.24) is 4.57 Å². The number of phenolic OH excluding ortho intramolecular Hbond substituents is 1. The van der Waals surface area contributed by atoms with Gasteiger partial charge in [0.05, 0.1) is 29.5 Å². The highest BCUT2D eigenvalue weighted by Gasteiger charge is 2.36. The highest BCUT2D eigenvalue weighted by Crippen LogP contribution is 2.38. The average molecular weight is 629 g/mol. The van der Waals surface area contributed by atoms with Crippen LogP contribution in [-0.4, -0.2) is 42.4 Å². The van der Waals surface area contributed by atoms with Crippen molar-refractivity contribution in [2.24, 2.45) is 4.99 Å². The Hall–Kier alpha value is -3.37. The molecule has 0 saturated heterocycles. The molecule has 1 aliphatic rings. The number of carbonyl (C=O) groups is 1. The van der Waals surface area contributed by atoms with Crippen LogP contribution in [-0.2, 0) is 9.53 Å². The van der Waals surface area contributed by atoms with Gasteiger partial charge in [-0.2, -0.15) is 0 Å². The number of esters is 1. The van der Waals surface area contributed by atoms with E-state index in [1.165, 1.54) is 15.9 Å². The highest BCUT2D eigenvalue weighted by molar-refractivity contribution is 9.10. The van der Waals surface area contributed by atoms with Crippen molar-refractivity contribution in [3.8, 4) is 11.5 Å². The molecule has 0 amide bonds. The summed E-state index contributed by atoms with van der Waals surface area (Å²) in [5.74, 6) is 0.104. The van der Waals surface area contributed by atoms with Crippen LogP contribution < -0.4 is 24.5 Å². The highest BCUT2D eigenvalue weighted by atomic mass is 79.9. The number of methoxy groups -OCH3 is 1. The van der Waals surface area contributed by atoms with Gasteiger partial charge in [0, 0.05) is 40.4 Å². The van der Waals surface area contributed by atoms with Crippen molar-refractivity contribution in [1.29, 1.82) is 0 Å². The fourth-order valence-electron chi connectivity index (χ4n) is 4.91. The molecule has 3 aromatic rings. The molecule has 0 radical (unpaired) electrons. The zero-order valence-corrected chi connectivity index (χ0v) is 25.8. The van der Waals surface area contributed by atoms with Crippen LogP contribution in [0, 0.1) is 0 Å². The fourth-order valence-corrected chi connectivity index (χ4v) is 6.30. The van der Waals surface area contributed by atoms with Crippen molar-refractivity contribution in [3.63, 3.8) is 0 Å². The Bertz CT molecular complexity index is 1620. The van der Waals surface area contributed by atoms with E-state index in [-0.39, 0.29) is 17.9 Å². The number of hydrogen-bond donors (Lipinski definition) is 1. The Balaban J connectivity index is 1.98. The van der Waals surface area contributed by atoms with Crippen LogP contribution >= 0.6 is 27.3 Å². The molecule has 2 heterocycles. The van der Waals surface area contributed by atoms with Crippen LogP contribution in [0.1, 0.15) is 57.7 Å². The van der Waals surface area contributed by atoms with Gasteiger partial charge in [-0.15, -0.1) is 0 Å². The summed E-state index contributed by atoms with van der Waals surface area (Å²) in [6, 6.07) is 10.1. The molecule has 4 rings (SSSR count). The van der Waals surface area contributed by atoms with E-state index in [0.717, 1.165) is 29.7 Å². The van der Waals surface area contributed by atoms with Gasteiger partial charge in [-0.3, -0.25) is 9.36 Å². The maximum atomic E-state index is 14.0. The number of nitrogens with zero attached hydrogens (tertiary/aromatic N) is 3. The van der Waals surface area contributed by atoms with E-state index in [1.807, 2.05) is 31.2 Å². The Morgan fingerprint density at radius 1 is 1.18 bits per heavy atom. The Morgan fingerprint density at radius 3 is 2.55 bits per heavy atom. The minimum atomic E-state index is -0.801. The first-order chi connectivity index (χ1) is 19.3. The molecular weight excluding hydrogens is 594 g/mol. The van der Waals surface area contributed by atoms with Crippen molar-refractivity contribution >= 4 is 45.0 Å². The second-order valence-corrected chi connectivity index (χ2v) is 11.1. The number of benzene rings is 2. The van der Waals surface area contributed by atoms with Crippen molar-refractivity contribution in [2.45, 2.75) is 46.6 Å². The number of fused-ring (bicyclic) bond motifs is 1. The lowest BCUT2D eigenvalue weighted by Crippen LogP contribution is -2.40. The average Bonchev–Trinajstić information content (AvgIpc) is 3.24. The summed E-state index contributed by atoms with van der Waals surface area (Å²) in [4.78, 5) is 34.8. The van der Waals surface area contributed by atoms with E-state index < -0.39 is 12.0 Å². The van der Waals surface area contributed by atoms with Crippen molar-refractivity contribution < 1.29 is 19.4 Å². The van der Waals surface area contributed by atoms with Crippen LogP contribution in [0.3, 0.4) is 0 Å². The molecule has 10 heteroatoms. The Kier molecular flexibility index (Phi) is 9.52. The quantitative estimate of drug-likeness (QED) is 0.321. The van der Waals surface area contributed by atoms with Gasteiger partial charge in [-0.05, 0) is 63.6 Å². The molecule has 0 saturated carbocycles. The van der Waals surface area contributed by atoms with Crippen molar-refractivity contribution in [2.75, 3.05) is 31.7 Å².